The van der Waals surface area contributed by atoms with Crippen LogP contribution in [0, 0.1) is 11.3 Å². The number of para-hydroxylation sites is 1. The number of aliphatic hydroxyl groups is 1. The van der Waals surface area contributed by atoms with Gasteiger partial charge in [0.25, 0.3) is 0 Å². The van der Waals surface area contributed by atoms with E-state index < -0.39 is 0 Å². The fourth-order valence-corrected chi connectivity index (χ4v) is 1.64. The SMILES string of the molecule is N#Cc1ccccc1NC(=O)CSCCO. The lowest BCUT2D eigenvalue weighted by molar-refractivity contribution is -0.113. The van der Waals surface area contributed by atoms with Crippen molar-refractivity contribution in [1.82, 2.24) is 0 Å². The molecule has 84 valence electrons. The molecular weight excluding hydrogens is 224 g/mol. The number of thioether (sulfide) groups is 1. The van der Waals surface area contributed by atoms with Gasteiger partial charge in [-0.05, 0) is 12.1 Å². The van der Waals surface area contributed by atoms with E-state index in [9.17, 15) is 4.79 Å². The first-order chi connectivity index (χ1) is 7.77. The molecule has 0 aliphatic carbocycles. The molecule has 0 aliphatic heterocycles. The van der Waals surface area contributed by atoms with Crippen molar-refractivity contribution < 1.29 is 9.90 Å². The van der Waals surface area contributed by atoms with E-state index >= 15 is 0 Å². The Bertz CT molecular complexity index is 401. The van der Waals surface area contributed by atoms with Crippen LogP contribution in [0.3, 0.4) is 0 Å². The maximum atomic E-state index is 11.4. The summed E-state index contributed by atoms with van der Waals surface area (Å²) in [7, 11) is 0. The second kappa shape index (κ2) is 6.88. The highest BCUT2D eigenvalue weighted by Gasteiger charge is 2.05. The van der Waals surface area contributed by atoms with Crippen LogP contribution in [0.1, 0.15) is 5.56 Å². The van der Waals surface area contributed by atoms with Crippen molar-refractivity contribution in [1.29, 1.82) is 5.26 Å². The summed E-state index contributed by atoms with van der Waals surface area (Å²) in [4.78, 5) is 11.4. The van der Waals surface area contributed by atoms with E-state index in [4.69, 9.17) is 10.4 Å². The fourth-order valence-electron chi connectivity index (χ4n) is 1.11. The predicted octanol–water partition coefficient (Wildman–Crippen LogP) is 1.22. The Morgan fingerprint density at radius 2 is 2.25 bits per heavy atom. The molecule has 16 heavy (non-hydrogen) atoms. The minimum absolute atomic E-state index is 0.0622. The van der Waals surface area contributed by atoms with Gasteiger partial charge in [0.2, 0.25) is 5.91 Å². The van der Waals surface area contributed by atoms with Crippen molar-refractivity contribution in [2.75, 3.05) is 23.4 Å². The van der Waals surface area contributed by atoms with Gasteiger partial charge >= 0.3 is 0 Å². The number of carbonyl (C=O) groups is 1. The summed E-state index contributed by atoms with van der Waals surface area (Å²) >= 11 is 1.35. The van der Waals surface area contributed by atoms with Gasteiger partial charge in [-0.3, -0.25) is 4.79 Å². The molecule has 4 nitrogen and oxygen atoms in total. The third-order valence-electron chi connectivity index (χ3n) is 1.79. The Morgan fingerprint density at radius 1 is 1.50 bits per heavy atom. The van der Waals surface area contributed by atoms with Gasteiger partial charge in [0.15, 0.2) is 0 Å². The maximum Gasteiger partial charge on any atom is 0.234 e. The maximum absolute atomic E-state index is 11.4. The largest absolute Gasteiger partial charge is 0.396 e. The molecule has 0 saturated carbocycles. The highest BCUT2D eigenvalue weighted by molar-refractivity contribution is 7.99. The lowest BCUT2D eigenvalue weighted by atomic mass is 10.2. The molecule has 1 amide bonds. The van der Waals surface area contributed by atoms with Gasteiger partial charge in [0.05, 0.1) is 23.6 Å². The van der Waals surface area contributed by atoms with Crippen LogP contribution in [0.25, 0.3) is 0 Å². The van der Waals surface area contributed by atoms with E-state index in [1.807, 2.05) is 6.07 Å². The lowest BCUT2D eigenvalue weighted by Gasteiger charge is -2.05. The van der Waals surface area contributed by atoms with Gasteiger partial charge in [0.1, 0.15) is 6.07 Å². The third-order valence-corrected chi connectivity index (χ3v) is 2.73. The molecule has 0 bridgehead atoms. The molecule has 0 saturated heterocycles. The summed E-state index contributed by atoms with van der Waals surface area (Å²) in [6, 6.07) is 8.85. The standard InChI is InChI=1S/C11H12N2O2S/c12-7-9-3-1-2-4-10(9)13-11(15)8-16-6-5-14/h1-4,14H,5-6,8H2,(H,13,15). The topological polar surface area (TPSA) is 73.1 Å². The van der Waals surface area contributed by atoms with Gasteiger partial charge in [-0.2, -0.15) is 5.26 Å². The molecule has 0 atom stereocenters. The number of nitriles is 1. The van der Waals surface area contributed by atoms with Crippen molar-refractivity contribution >= 4 is 23.4 Å². The number of nitrogens with one attached hydrogen (secondary N) is 1. The zero-order chi connectivity index (χ0) is 11.8. The number of anilines is 1. The van der Waals surface area contributed by atoms with Crippen LogP contribution in [-0.4, -0.2) is 29.1 Å². The van der Waals surface area contributed by atoms with Crippen molar-refractivity contribution in [3.05, 3.63) is 29.8 Å². The zero-order valence-corrected chi connectivity index (χ0v) is 9.46. The Balaban J connectivity index is 2.53. The molecule has 0 aromatic heterocycles. The minimum atomic E-state index is -0.166. The average Bonchev–Trinajstić information content (AvgIpc) is 2.30. The Labute approximate surface area is 98.3 Å². The van der Waals surface area contributed by atoms with Crippen molar-refractivity contribution in [2.45, 2.75) is 0 Å². The smallest absolute Gasteiger partial charge is 0.234 e. The summed E-state index contributed by atoms with van der Waals surface area (Å²) in [6.07, 6.45) is 0. The quantitative estimate of drug-likeness (QED) is 0.754. The first-order valence-electron chi connectivity index (χ1n) is 4.75. The number of hydrogen-bond acceptors (Lipinski definition) is 4. The lowest BCUT2D eigenvalue weighted by Crippen LogP contribution is -2.15. The Hall–Kier alpha value is -1.51. The molecule has 0 radical (unpaired) electrons. The molecule has 1 rings (SSSR count). The van der Waals surface area contributed by atoms with Crippen LogP contribution >= 0.6 is 11.8 Å². The molecule has 5 heteroatoms. The number of rotatable bonds is 5. The summed E-state index contributed by atoms with van der Waals surface area (Å²) in [5.41, 5.74) is 0.975. The normalized spacial score (nSPS) is 9.50. The highest BCUT2D eigenvalue weighted by atomic mass is 32.2. The molecule has 1 aromatic carbocycles. The van der Waals surface area contributed by atoms with E-state index in [2.05, 4.69) is 5.32 Å². The van der Waals surface area contributed by atoms with E-state index in [1.54, 1.807) is 24.3 Å². The van der Waals surface area contributed by atoms with Crippen LogP contribution in [0.5, 0.6) is 0 Å². The molecule has 0 aliphatic rings. The highest BCUT2D eigenvalue weighted by Crippen LogP contribution is 2.13. The molecule has 0 fully saturated rings. The number of aliphatic hydroxyl groups excluding tert-OH is 1. The molecular formula is C11H12N2O2S. The monoisotopic (exact) mass is 236 g/mol. The van der Waals surface area contributed by atoms with E-state index in [0.717, 1.165) is 0 Å². The minimum Gasteiger partial charge on any atom is -0.396 e. The van der Waals surface area contributed by atoms with Crippen LogP contribution in [0.15, 0.2) is 24.3 Å². The molecule has 0 heterocycles. The van der Waals surface area contributed by atoms with Crippen molar-refractivity contribution in [3.8, 4) is 6.07 Å². The van der Waals surface area contributed by atoms with E-state index in [-0.39, 0.29) is 18.3 Å². The van der Waals surface area contributed by atoms with Gasteiger partial charge in [-0.1, -0.05) is 12.1 Å². The number of hydrogen-bond donors (Lipinski definition) is 2. The Morgan fingerprint density at radius 3 is 2.94 bits per heavy atom. The van der Waals surface area contributed by atoms with Gasteiger partial charge in [-0.15, -0.1) is 11.8 Å². The van der Waals surface area contributed by atoms with Gasteiger partial charge < -0.3 is 10.4 Å². The van der Waals surface area contributed by atoms with Gasteiger partial charge in [-0.25, -0.2) is 0 Å². The summed E-state index contributed by atoms with van der Waals surface area (Å²) in [6.45, 7) is 0.0622. The van der Waals surface area contributed by atoms with Crippen LogP contribution in [-0.2, 0) is 4.79 Å². The second-order valence-electron chi connectivity index (χ2n) is 2.98. The zero-order valence-electron chi connectivity index (χ0n) is 8.64. The van der Waals surface area contributed by atoms with Crippen LogP contribution in [0.2, 0.25) is 0 Å². The average molecular weight is 236 g/mol. The molecule has 2 N–H and O–H groups in total. The molecule has 1 aromatic rings. The molecule has 0 unspecified atom stereocenters. The first kappa shape index (κ1) is 12.6. The van der Waals surface area contributed by atoms with Crippen molar-refractivity contribution in [3.63, 3.8) is 0 Å². The predicted molar refractivity (Wildman–Crippen MR) is 64.2 cm³/mol. The van der Waals surface area contributed by atoms with Crippen LogP contribution in [0.4, 0.5) is 5.69 Å². The summed E-state index contributed by atoms with van der Waals surface area (Å²) in [5.74, 6) is 0.648. The van der Waals surface area contributed by atoms with Crippen LogP contribution < -0.4 is 5.32 Å². The van der Waals surface area contributed by atoms with E-state index in [1.165, 1.54) is 11.8 Å². The van der Waals surface area contributed by atoms with Crippen molar-refractivity contribution in [2.24, 2.45) is 0 Å². The summed E-state index contributed by atoms with van der Waals surface area (Å²) in [5, 5.41) is 20.0. The third kappa shape index (κ3) is 3.93. The second-order valence-corrected chi connectivity index (χ2v) is 4.09. The summed E-state index contributed by atoms with van der Waals surface area (Å²) < 4.78 is 0. The number of carbonyl (C=O) groups excluding carboxylic acids is 1. The van der Waals surface area contributed by atoms with E-state index in [0.29, 0.717) is 17.0 Å². The number of nitrogens with zero attached hydrogens (tertiary/aromatic N) is 1. The first-order valence-corrected chi connectivity index (χ1v) is 5.91. The van der Waals surface area contributed by atoms with Gasteiger partial charge in [0, 0.05) is 5.75 Å². The Kier molecular flexibility index (Phi) is 5.40. The molecule has 0 spiro atoms. The number of amides is 1. The fraction of sp³-hybridized carbons (Fsp3) is 0.273. The number of benzene rings is 1.